The number of carboxylic acid groups (broad SMARTS) is 1. The Balaban J connectivity index is 1.69. The van der Waals surface area contributed by atoms with Gasteiger partial charge in [0.2, 0.25) is 0 Å². The van der Waals surface area contributed by atoms with Crippen LogP contribution in [0.25, 0.3) is 0 Å². The Bertz CT molecular complexity index is 822. The molecule has 1 N–H and O–H groups in total. The smallest absolute Gasteiger partial charge is 0.158 e. The number of hydrogen-bond donors (Lipinski definition) is 1. The second-order valence-electron chi connectivity index (χ2n) is 6.38. The lowest BCUT2D eigenvalue weighted by atomic mass is 9.85. The van der Waals surface area contributed by atoms with Gasteiger partial charge in [-0.25, -0.2) is 0 Å². The van der Waals surface area contributed by atoms with Crippen LogP contribution in [0, 0.1) is 0 Å². The molecule has 134 valence electrons. The van der Waals surface area contributed by atoms with E-state index in [-0.39, 0.29) is 18.1 Å². The Hall–Kier alpha value is -3.08. The molecule has 1 aliphatic carbocycles. The van der Waals surface area contributed by atoms with Crippen LogP contribution in [0.4, 0.5) is 5.69 Å². The molecule has 0 bridgehead atoms. The summed E-state index contributed by atoms with van der Waals surface area (Å²) in [5.74, 6) is -0.0959. The number of carboxylic acids is 1. The number of benzene rings is 2. The van der Waals surface area contributed by atoms with Gasteiger partial charge in [-0.1, -0.05) is 24.3 Å². The summed E-state index contributed by atoms with van der Waals surface area (Å²) >= 11 is 0. The van der Waals surface area contributed by atoms with Crippen molar-refractivity contribution in [1.82, 2.24) is 0 Å². The molecule has 0 unspecified atom stereocenters. The maximum Gasteiger partial charge on any atom is 0.158 e. The number of methoxy groups -OCH3 is 1. The largest absolute Gasteiger partial charge is 0.550 e. The first-order valence-electron chi connectivity index (χ1n) is 8.46. The molecule has 0 saturated carbocycles. The number of rotatable bonds is 6. The summed E-state index contributed by atoms with van der Waals surface area (Å²) in [6, 6.07) is 14.9. The van der Waals surface area contributed by atoms with E-state index >= 15 is 0 Å². The summed E-state index contributed by atoms with van der Waals surface area (Å²) in [4.78, 5) is 22.8. The van der Waals surface area contributed by atoms with Gasteiger partial charge in [0.25, 0.3) is 0 Å². The van der Waals surface area contributed by atoms with Crippen molar-refractivity contribution in [3.8, 4) is 5.75 Å². The predicted molar refractivity (Wildman–Crippen MR) is 96.8 cm³/mol. The van der Waals surface area contributed by atoms with Crippen molar-refractivity contribution in [2.24, 2.45) is 0 Å². The average molecular weight is 350 g/mol. The predicted octanol–water partition coefficient (Wildman–Crippen LogP) is 2.43. The van der Waals surface area contributed by atoms with Crippen LogP contribution in [0.15, 0.2) is 60.3 Å². The van der Waals surface area contributed by atoms with E-state index in [0.717, 1.165) is 29.1 Å². The van der Waals surface area contributed by atoms with Crippen LogP contribution < -0.4 is 15.2 Å². The fourth-order valence-electron chi connectivity index (χ4n) is 3.15. The van der Waals surface area contributed by atoms with Crippen LogP contribution in [0.3, 0.4) is 0 Å². The van der Waals surface area contributed by atoms with Crippen LogP contribution in [-0.4, -0.2) is 18.9 Å². The third kappa shape index (κ3) is 4.51. The zero-order valence-electron chi connectivity index (χ0n) is 14.5. The van der Waals surface area contributed by atoms with Crippen molar-refractivity contribution >= 4 is 17.4 Å². The Morgan fingerprint density at radius 3 is 2.42 bits per heavy atom. The topological polar surface area (TPSA) is 78.5 Å². The lowest BCUT2D eigenvalue weighted by molar-refractivity contribution is -0.304. The first-order valence-corrected chi connectivity index (χ1v) is 8.46. The van der Waals surface area contributed by atoms with Crippen LogP contribution in [0.1, 0.15) is 29.9 Å². The maximum atomic E-state index is 12.1. The number of aliphatic carboxylic acids is 1. The molecule has 0 aliphatic heterocycles. The summed E-state index contributed by atoms with van der Waals surface area (Å²) in [6.45, 7) is 0. The third-order valence-corrected chi connectivity index (χ3v) is 4.44. The van der Waals surface area contributed by atoms with Gasteiger partial charge in [-0.15, -0.1) is 0 Å². The molecule has 3 rings (SSSR count). The van der Waals surface area contributed by atoms with Gasteiger partial charge < -0.3 is 20.0 Å². The van der Waals surface area contributed by atoms with E-state index in [4.69, 9.17) is 4.74 Å². The number of carbonyl (C=O) groups excluding carboxylic acids is 2. The van der Waals surface area contributed by atoms with Crippen LogP contribution in [-0.2, 0) is 16.0 Å². The minimum absolute atomic E-state index is 0.0909. The quantitative estimate of drug-likeness (QED) is 0.866. The highest BCUT2D eigenvalue weighted by atomic mass is 16.5. The van der Waals surface area contributed by atoms with Gasteiger partial charge in [-0.05, 0) is 47.7 Å². The molecule has 5 heteroatoms. The fourth-order valence-corrected chi connectivity index (χ4v) is 3.15. The average Bonchev–Trinajstić information content (AvgIpc) is 2.62. The number of ketones is 1. The molecular formula is C21H20NO4-. The van der Waals surface area contributed by atoms with Gasteiger partial charge in [0.1, 0.15) is 5.75 Å². The molecule has 1 aliphatic rings. The summed E-state index contributed by atoms with van der Waals surface area (Å²) in [7, 11) is 1.63. The van der Waals surface area contributed by atoms with E-state index in [1.54, 1.807) is 37.5 Å². The third-order valence-electron chi connectivity index (χ3n) is 4.44. The highest BCUT2D eigenvalue weighted by molar-refractivity contribution is 5.92. The molecule has 5 nitrogen and oxygen atoms in total. The van der Waals surface area contributed by atoms with Crippen molar-refractivity contribution in [3.63, 3.8) is 0 Å². The second-order valence-corrected chi connectivity index (χ2v) is 6.38. The minimum atomic E-state index is -1.10. The van der Waals surface area contributed by atoms with E-state index in [0.29, 0.717) is 12.0 Å². The second kappa shape index (κ2) is 7.87. The van der Waals surface area contributed by atoms with E-state index in [9.17, 15) is 14.7 Å². The van der Waals surface area contributed by atoms with Gasteiger partial charge in [-0.2, -0.15) is 0 Å². The summed E-state index contributed by atoms with van der Waals surface area (Å²) < 4.78 is 5.18. The minimum Gasteiger partial charge on any atom is -0.550 e. The van der Waals surface area contributed by atoms with Crippen molar-refractivity contribution in [2.75, 3.05) is 12.4 Å². The molecule has 1 atom stereocenters. The Labute approximate surface area is 152 Å². The number of anilines is 1. The molecule has 2 aromatic carbocycles. The zero-order chi connectivity index (χ0) is 18.5. The van der Waals surface area contributed by atoms with Gasteiger partial charge in [0, 0.05) is 36.3 Å². The van der Waals surface area contributed by atoms with E-state index in [1.165, 1.54) is 0 Å². The Morgan fingerprint density at radius 1 is 1.12 bits per heavy atom. The number of hydrogen-bond acceptors (Lipinski definition) is 5. The number of nitrogens with one attached hydrogen (secondary N) is 1. The number of ether oxygens (including phenoxy) is 1. The number of allylic oxidation sites excluding steroid dienone is 2. The highest BCUT2D eigenvalue weighted by Crippen LogP contribution is 2.32. The van der Waals surface area contributed by atoms with Crippen LogP contribution in [0.5, 0.6) is 5.75 Å². The van der Waals surface area contributed by atoms with Gasteiger partial charge in [-0.3, -0.25) is 4.79 Å². The molecule has 0 radical (unpaired) electrons. The molecule has 0 amide bonds. The zero-order valence-corrected chi connectivity index (χ0v) is 14.5. The molecule has 0 fully saturated rings. The van der Waals surface area contributed by atoms with Crippen molar-refractivity contribution < 1.29 is 19.4 Å². The lowest BCUT2D eigenvalue weighted by Gasteiger charge is -2.23. The highest BCUT2D eigenvalue weighted by Gasteiger charge is 2.22. The Morgan fingerprint density at radius 2 is 1.81 bits per heavy atom. The first kappa shape index (κ1) is 17.7. The summed E-state index contributed by atoms with van der Waals surface area (Å²) in [5, 5.41) is 13.9. The maximum absolute atomic E-state index is 12.1. The SMILES string of the molecule is COc1ccc([C@@H]2CC(=O)C=C(Nc3ccc(CC(=O)[O-])cc3)C2)cc1. The van der Waals surface area contributed by atoms with Crippen molar-refractivity contribution in [2.45, 2.75) is 25.2 Å². The summed E-state index contributed by atoms with van der Waals surface area (Å²) in [5.41, 5.74) is 3.47. The molecule has 26 heavy (non-hydrogen) atoms. The van der Waals surface area contributed by atoms with Crippen molar-refractivity contribution in [3.05, 3.63) is 71.4 Å². The van der Waals surface area contributed by atoms with Gasteiger partial charge in [0.15, 0.2) is 5.78 Å². The molecular weight excluding hydrogens is 330 g/mol. The van der Waals surface area contributed by atoms with Crippen molar-refractivity contribution in [1.29, 1.82) is 0 Å². The standard InChI is InChI=1S/C21H21NO4/c1-26-20-8-4-15(5-9-20)16-11-18(13-19(23)12-16)22-17-6-2-14(3-7-17)10-21(24)25/h2-9,13,16,22H,10-12H2,1H3,(H,24,25)/p-1/t16-/m0/s1. The fraction of sp³-hybridized carbons (Fsp3) is 0.238. The first-order chi connectivity index (χ1) is 12.5. The summed E-state index contributed by atoms with van der Waals surface area (Å²) in [6.07, 6.45) is 2.76. The van der Waals surface area contributed by atoms with Crippen LogP contribution in [0.2, 0.25) is 0 Å². The lowest BCUT2D eigenvalue weighted by Crippen LogP contribution is -2.24. The van der Waals surface area contributed by atoms with E-state index < -0.39 is 5.97 Å². The van der Waals surface area contributed by atoms with E-state index in [1.807, 2.05) is 24.3 Å². The molecule has 0 spiro atoms. The molecule has 2 aromatic rings. The number of carbonyl (C=O) groups is 2. The van der Waals surface area contributed by atoms with Gasteiger partial charge >= 0.3 is 0 Å². The molecule has 0 heterocycles. The van der Waals surface area contributed by atoms with E-state index in [2.05, 4.69) is 5.32 Å². The molecule has 0 saturated heterocycles. The Kier molecular flexibility index (Phi) is 5.37. The van der Waals surface area contributed by atoms with Gasteiger partial charge in [0.05, 0.1) is 7.11 Å². The monoisotopic (exact) mass is 350 g/mol. The normalized spacial score (nSPS) is 16.7. The molecule has 0 aromatic heterocycles. The van der Waals surface area contributed by atoms with Crippen LogP contribution >= 0.6 is 0 Å².